The first kappa shape index (κ1) is 23.2. The van der Waals surface area contributed by atoms with Crippen molar-refractivity contribution in [2.75, 3.05) is 36.6 Å². The second kappa shape index (κ2) is 11.3. The van der Waals surface area contributed by atoms with Crippen LogP contribution in [0.15, 0.2) is 48.5 Å². The fourth-order valence-electron chi connectivity index (χ4n) is 3.23. The van der Waals surface area contributed by atoms with Crippen LogP contribution in [0.5, 0.6) is 5.75 Å². The van der Waals surface area contributed by atoms with Crippen molar-refractivity contribution < 1.29 is 28.6 Å². The third-order valence-electron chi connectivity index (χ3n) is 4.81. The van der Waals surface area contributed by atoms with Gasteiger partial charge in [-0.2, -0.15) is 0 Å². The van der Waals surface area contributed by atoms with Crippen molar-refractivity contribution in [3.63, 3.8) is 0 Å². The van der Waals surface area contributed by atoms with Crippen LogP contribution < -0.4 is 20.7 Å². The van der Waals surface area contributed by atoms with E-state index in [0.29, 0.717) is 36.8 Å². The molecule has 0 aliphatic carbocycles. The Labute approximate surface area is 186 Å². The highest BCUT2D eigenvalue weighted by Gasteiger charge is 2.32. The number of nitrogens with two attached hydrogens (primary N) is 1. The predicted molar refractivity (Wildman–Crippen MR) is 118 cm³/mol. The Morgan fingerprint density at radius 1 is 1.22 bits per heavy atom. The van der Waals surface area contributed by atoms with E-state index in [1.807, 2.05) is 12.1 Å². The molecule has 1 aliphatic heterocycles. The molecular weight excluding hydrogens is 414 g/mol. The second-order valence-electron chi connectivity index (χ2n) is 7.09. The lowest BCUT2D eigenvalue weighted by molar-refractivity contribution is -0.145. The standard InChI is InChI=1S/C23H27N3O6/c1-2-30-22(28)15-32-19-5-3-4-18(12-19)26-10-11-31-20(23(26)29)13-21(27)25-17-8-6-16(14-24)7-9-17/h3-9,12,20H,2,10-11,13-15,24H2,1H3,(H,25,27). The van der Waals surface area contributed by atoms with E-state index >= 15 is 0 Å². The smallest absolute Gasteiger partial charge is 0.344 e. The molecule has 1 heterocycles. The molecule has 3 rings (SSSR count). The number of hydrogen-bond acceptors (Lipinski definition) is 7. The van der Waals surface area contributed by atoms with Crippen LogP contribution in [0, 0.1) is 0 Å². The van der Waals surface area contributed by atoms with Gasteiger partial charge in [0.25, 0.3) is 5.91 Å². The van der Waals surface area contributed by atoms with Gasteiger partial charge in [0.1, 0.15) is 11.9 Å². The van der Waals surface area contributed by atoms with Crippen LogP contribution in [0.3, 0.4) is 0 Å². The summed E-state index contributed by atoms with van der Waals surface area (Å²) in [6, 6.07) is 14.0. The molecule has 2 aromatic carbocycles. The van der Waals surface area contributed by atoms with Crippen LogP contribution in [-0.2, 0) is 30.4 Å². The number of rotatable bonds is 9. The molecule has 32 heavy (non-hydrogen) atoms. The Balaban J connectivity index is 1.60. The van der Waals surface area contributed by atoms with Gasteiger partial charge >= 0.3 is 5.97 Å². The Morgan fingerprint density at radius 2 is 2.00 bits per heavy atom. The zero-order chi connectivity index (χ0) is 22.9. The molecule has 0 radical (unpaired) electrons. The van der Waals surface area contributed by atoms with Gasteiger partial charge in [-0.05, 0) is 36.8 Å². The zero-order valence-corrected chi connectivity index (χ0v) is 17.9. The molecule has 0 saturated carbocycles. The molecule has 2 amide bonds. The minimum atomic E-state index is -0.892. The first-order valence-corrected chi connectivity index (χ1v) is 10.4. The fraction of sp³-hybridized carbons (Fsp3) is 0.348. The van der Waals surface area contributed by atoms with Crippen molar-refractivity contribution in [3.8, 4) is 5.75 Å². The van der Waals surface area contributed by atoms with Crippen molar-refractivity contribution >= 4 is 29.2 Å². The summed E-state index contributed by atoms with van der Waals surface area (Å²) in [5.41, 5.74) is 7.76. The minimum Gasteiger partial charge on any atom is -0.482 e. The molecule has 1 aliphatic rings. The van der Waals surface area contributed by atoms with Crippen molar-refractivity contribution in [3.05, 3.63) is 54.1 Å². The Kier molecular flexibility index (Phi) is 8.18. The van der Waals surface area contributed by atoms with Gasteiger partial charge in [-0.3, -0.25) is 9.59 Å². The number of nitrogens with zero attached hydrogens (tertiary/aromatic N) is 1. The first-order valence-electron chi connectivity index (χ1n) is 10.4. The number of benzene rings is 2. The molecule has 0 bridgehead atoms. The molecule has 3 N–H and O–H groups in total. The summed E-state index contributed by atoms with van der Waals surface area (Å²) < 4.78 is 15.9. The maximum absolute atomic E-state index is 13.0. The number of hydrogen-bond donors (Lipinski definition) is 2. The van der Waals surface area contributed by atoms with Crippen LogP contribution in [0.2, 0.25) is 0 Å². The molecule has 1 atom stereocenters. The van der Waals surface area contributed by atoms with Crippen LogP contribution in [0.1, 0.15) is 18.9 Å². The molecule has 1 unspecified atom stereocenters. The number of esters is 1. The van der Waals surface area contributed by atoms with Crippen LogP contribution in [0.25, 0.3) is 0 Å². The van der Waals surface area contributed by atoms with Gasteiger partial charge in [0.05, 0.1) is 19.6 Å². The van der Waals surface area contributed by atoms with Crippen LogP contribution >= 0.6 is 0 Å². The van der Waals surface area contributed by atoms with Crippen LogP contribution in [-0.4, -0.2) is 50.3 Å². The summed E-state index contributed by atoms with van der Waals surface area (Å²) in [7, 11) is 0. The van der Waals surface area contributed by atoms with E-state index < -0.39 is 12.1 Å². The zero-order valence-electron chi connectivity index (χ0n) is 17.9. The molecule has 1 saturated heterocycles. The summed E-state index contributed by atoms with van der Waals surface area (Å²) >= 11 is 0. The van der Waals surface area contributed by atoms with E-state index in [4.69, 9.17) is 19.9 Å². The summed E-state index contributed by atoms with van der Waals surface area (Å²) in [4.78, 5) is 38.4. The van der Waals surface area contributed by atoms with Crippen molar-refractivity contribution in [1.29, 1.82) is 0 Å². The number of carbonyl (C=O) groups is 3. The van der Waals surface area contributed by atoms with E-state index in [0.717, 1.165) is 5.56 Å². The van der Waals surface area contributed by atoms with Crippen molar-refractivity contribution in [2.45, 2.75) is 26.0 Å². The van der Waals surface area contributed by atoms with E-state index in [-0.39, 0.29) is 31.4 Å². The first-order chi connectivity index (χ1) is 15.5. The third-order valence-corrected chi connectivity index (χ3v) is 4.81. The molecule has 9 nitrogen and oxygen atoms in total. The van der Waals surface area contributed by atoms with E-state index in [1.165, 1.54) is 0 Å². The van der Waals surface area contributed by atoms with Gasteiger partial charge in [-0.15, -0.1) is 0 Å². The molecule has 170 valence electrons. The number of nitrogens with one attached hydrogen (secondary N) is 1. The van der Waals surface area contributed by atoms with Gasteiger partial charge in [-0.25, -0.2) is 4.79 Å². The SMILES string of the molecule is CCOC(=O)COc1cccc(N2CCOC(CC(=O)Nc3ccc(CN)cc3)C2=O)c1. The molecule has 0 aromatic heterocycles. The van der Waals surface area contributed by atoms with Gasteiger partial charge < -0.3 is 30.2 Å². The highest BCUT2D eigenvalue weighted by atomic mass is 16.6. The Hall–Kier alpha value is -3.43. The van der Waals surface area contributed by atoms with Crippen molar-refractivity contribution in [1.82, 2.24) is 0 Å². The summed E-state index contributed by atoms with van der Waals surface area (Å²) in [6.07, 6.45) is -0.997. The van der Waals surface area contributed by atoms with E-state index in [9.17, 15) is 14.4 Å². The summed E-state index contributed by atoms with van der Waals surface area (Å²) in [6.45, 7) is 2.84. The van der Waals surface area contributed by atoms with Crippen molar-refractivity contribution in [2.24, 2.45) is 5.73 Å². The molecule has 2 aromatic rings. The fourth-order valence-corrected chi connectivity index (χ4v) is 3.23. The van der Waals surface area contributed by atoms with E-state index in [2.05, 4.69) is 5.32 Å². The molecule has 9 heteroatoms. The minimum absolute atomic E-state index is 0.104. The Morgan fingerprint density at radius 3 is 2.72 bits per heavy atom. The summed E-state index contributed by atoms with van der Waals surface area (Å²) in [5, 5.41) is 2.77. The maximum Gasteiger partial charge on any atom is 0.344 e. The normalized spacial score (nSPS) is 15.9. The highest BCUT2D eigenvalue weighted by molar-refractivity contribution is 6.01. The number of carbonyl (C=O) groups excluding carboxylic acids is 3. The largest absolute Gasteiger partial charge is 0.482 e. The average Bonchev–Trinajstić information content (AvgIpc) is 2.80. The lowest BCUT2D eigenvalue weighted by atomic mass is 10.1. The number of amides is 2. The van der Waals surface area contributed by atoms with Crippen LogP contribution in [0.4, 0.5) is 11.4 Å². The lowest BCUT2D eigenvalue weighted by Gasteiger charge is -2.32. The topological polar surface area (TPSA) is 120 Å². The quantitative estimate of drug-likeness (QED) is 0.570. The van der Waals surface area contributed by atoms with Gasteiger partial charge in [0, 0.05) is 30.5 Å². The maximum atomic E-state index is 13.0. The van der Waals surface area contributed by atoms with Gasteiger partial charge in [0.2, 0.25) is 5.91 Å². The average molecular weight is 441 g/mol. The molecular formula is C23H27N3O6. The monoisotopic (exact) mass is 441 g/mol. The van der Waals surface area contributed by atoms with Gasteiger partial charge in [-0.1, -0.05) is 18.2 Å². The van der Waals surface area contributed by atoms with Gasteiger partial charge in [0.15, 0.2) is 6.61 Å². The predicted octanol–water partition coefficient (Wildman–Crippen LogP) is 1.85. The Bertz CT molecular complexity index is 947. The highest BCUT2D eigenvalue weighted by Crippen LogP contribution is 2.25. The molecule has 0 spiro atoms. The lowest BCUT2D eigenvalue weighted by Crippen LogP contribution is -2.49. The van der Waals surface area contributed by atoms with E-state index in [1.54, 1.807) is 48.2 Å². The number of ether oxygens (including phenoxy) is 3. The number of anilines is 2. The number of morpholine rings is 1. The second-order valence-corrected chi connectivity index (χ2v) is 7.09. The molecule has 1 fully saturated rings. The summed E-state index contributed by atoms with van der Waals surface area (Å²) in [5.74, 6) is -0.668. The third kappa shape index (κ3) is 6.29.